The number of carbonyl (C=O) groups excluding carboxylic acids is 1. The third kappa shape index (κ3) is 4.99. The van der Waals surface area contributed by atoms with Crippen molar-refractivity contribution >= 4 is 28.1 Å². The van der Waals surface area contributed by atoms with E-state index in [9.17, 15) is 4.79 Å². The van der Waals surface area contributed by atoms with Crippen LogP contribution in [0.4, 0.5) is 5.13 Å². The number of rotatable bonds is 7. The van der Waals surface area contributed by atoms with Crippen molar-refractivity contribution in [1.82, 2.24) is 10.4 Å². The van der Waals surface area contributed by atoms with Gasteiger partial charge in [-0.1, -0.05) is 0 Å². The van der Waals surface area contributed by atoms with Crippen LogP contribution in [0, 0.1) is 0 Å². The van der Waals surface area contributed by atoms with Gasteiger partial charge in [-0.3, -0.25) is 4.79 Å². The van der Waals surface area contributed by atoms with E-state index in [4.69, 9.17) is 14.2 Å². The van der Waals surface area contributed by atoms with Crippen molar-refractivity contribution in [2.24, 2.45) is 5.10 Å². The number of methoxy groups -OCH3 is 2. The van der Waals surface area contributed by atoms with Gasteiger partial charge in [-0.15, -0.1) is 11.3 Å². The molecule has 3 rings (SSSR count). The fourth-order valence-electron chi connectivity index (χ4n) is 2.79. The quantitative estimate of drug-likeness (QED) is 0.562. The van der Waals surface area contributed by atoms with Gasteiger partial charge in [0, 0.05) is 30.1 Å². The number of aromatic nitrogens is 1. The molecule has 0 aliphatic carbocycles. The van der Waals surface area contributed by atoms with E-state index < -0.39 is 0 Å². The van der Waals surface area contributed by atoms with Gasteiger partial charge in [0.1, 0.15) is 11.5 Å². The molecule has 28 heavy (non-hydrogen) atoms. The fourth-order valence-corrected chi connectivity index (χ4v) is 3.66. The Morgan fingerprint density at radius 2 is 2.11 bits per heavy atom. The lowest BCUT2D eigenvalue weighted by molar-refractivity contribution is -0.120. The maximum absolute atomic E-state index is 12.3. The molecule has 1 N–H and O–H groups in total. The van der Waals surface area contributed by atoms with Crippen LogP contribution in [0.25, 0.3) is 0 Å². The number of ether oxygens (including phenoxy) is 3. The maximum atomic E-state index is 12.3. The average molecular weight is 404 g/mol. The summed E-state index contributed by atoms with van der Waals surface area (Å²) in [6, 6.07) is 5.44. The Balaban J connectivity index is 1.60. The molecule has 0 saturated carbocycles. The molecule has 0 radical (unpaired) electrons. The number of nitrogens with zero attached hydrogens (tertiary/aromatic N) is 3. The van der Waals surface area contributed by atoms with Gasteiger partial charge in [-0.05, 0) is 19.1 Å². The maximum Gasteiger partial charge on any atom is 0.246 e. The molecule has 0 bridgehead atoms. The SMILES string of the molecule is COc1ccc(/C(C)=N\NC(=O)Cc2csc(N3CCOCC3)n2)c(OC)c1. The first-order valence-electron chi connectivity index (χ1n) is 8.93. The van der Waals surface area contributed by atoms with Crippen LogP contribution in [0.1, 0.15) is 18.2 Å². The van der Waals surface area contributed by atoms with Crippen molar-refractivity contribution in [2.75, 3.05) is 45.4 Å². The molecule has 2 heterocycles. The Kier molecular flexibility index (Phi) is 6.83. The Morgan fingerprint density at radius 3 is 2.82 bits per heavy atom. The molecule has 9 heteroatoms. The molecule has 0 spiro atoms. The summed E-state index contributed by atoms with van der Waals surface area (Å²) in [5.41, 5.74) is 4.75. The van der Waals surface area contributed by atoms with Crippen LogP contribution in [0.3, 0.4) is 0 Å². The summed E-state index contributed by atoms with van der Waals surface area (Å²) in [6.07, 6.45) is 0.178. The summed E-state index contributed by atoms with van der Waals surface area (Å²) in [7, 11) is 3.18. The summed E-state index contributed by atoms with van der Waals surface area (Å²) in [5, 5.41) is 7.03. The molecular weight excluding hydrogens is 380 g/mol. The van der Waals surface area contributed by atoms with Gasteiger partial charge < -0.3 is 19.1 Å². The minimum absolute atomic E-state index is 0.178. The molecule has 1 aromatic carbocycles. The van der Waals surface area contributed by atoms with Gasteiger partial charge in [0.2, 0.25) is 5.91 Å². The van der Waals surface area contributed by atoms with Crippen molar-refractivity contribution in [3.05, 3.63) is 34.8 Å². The number of nitrogens with one attached hydrogen (secondary N) is 1. The molecule has 0 atom stereocenters. The standard InChI is InChI=1S/C19H24N4O4S/c1-13(16-5-4-15(25-2)11-17(16)26-3)21-22-18(24)10-14-12-28-19(20-14)23-6-8-27-9-7-23/h4-5,11-12H,6-10H2,1-3H3,(H,22,24)/b21-13-. The highest BCUT2D eigenvalue weighted by molar-refractivity contribution is 7.13. The number of hydrogen-bond acceptors (Lipinski definition) is 8. The van der Waals surface area contributed by atoms with Gasteiger partial charge in [-0.25, -0.2) is 10.4 Å². The van der Waals surface area contributed by atoms with Crippen molar-refractivity contribution in [3.8, 4) is 11.5 Å². The third-order valence-electron chi connectivity index (χ3n) is 4.31. The van der Waals surface area contributed by atoms with Gasteiger partial charge in [0.25, 0.3) is 0 Å². The van der Waals surface area contributed by atoms with E-state index in [-0.39, 0.29) is 12.3 Å². The summed E-state index contributed by atoms with van der Waals surface area (Å²) in [4.78, 5) is 19.0. The monoisotopic (exact) mass is 404 g/mol. The number of hydrazone groups is 1. The number of morpholine rings is 1. The summed E-state index contributed by atoms with van der Waals surface area (Å²) in [6.45, 7) is 4.87. The first kappa shape index (κ1) is 20.1. The second-order valence-electron chi connectivity index (χ2n) is 6.20. The molecule has 1 aromatic heterocycles. The van der Waals surface area contributed by atoms with Crippen molar-refractivity contribution < 1.29 is 19.0 Å². The topological polar surface area (TPSA) is 85.3 Å². The molecule has 1 aliphatic rings. The smallest absolute Gasteiger partial charge is 0.246 e. The highest BCUT2D eigenvalue weighted by Gasteiger charge is 2.16. The lowest BCUT2D eigenvalue weighted by Gasteiger charge is -2.26. The second kappa shape index (κ2) is 9.52. The van der Waals surface area contributed by atoms with E-state index >= 15 is 0 Å². The lowest BCUT2D eigenvalue weighted by atomic mass is 10.1. The number of amides is 1. The third-order valence-corrected chi connectivity index (χ3v) is 5.26. The van der Waals surface area contributed by atoms with Crippen LogP contribution >= 0.6 is 11.3 Å². The van der Waals surface area contributed by atoms with E-state index in [1.165, 1.54) is 0 Å². The molecule has 1 fully saturated rings. The Bertz CT molecular complexity index is 846. The van der Waals surface area contributed by atoms with Gasteiger partial charge in [0.15, 0.2) is 5.13 Å². The van der Waals surface area contributed by atoms with Crippen molar-refractivity contribution in [3.63, 3.8) is 0 Å². The predicted molar refractivity (Wildman–Crippen MR) is 109 cm³/mol. The molecular formula is C19H24N4O4S. The van der Waals surface area contributed by atoms with Crippen molar-refractivity contribution in [1.29, 1.82) is 0 Å². The fraction of sp³-hybridized carbons (Fsp3) is 0.421. The lowest BCUT2D eigenvalue weighted by Crippen LogP contribution is -2.36. The van der Waals surface area contributed by atoms with E-state index in [1.807, 2.05) is 24.4 Å². The summed E-state index contributed by atoms with van der Waals surface area (Å²) in [5.74, 6) is 1.10. The predicted octanol–water partition coefficient (Wildman–Crippen LogP) is 2.08. The summed E-state index contributed by atoms with van der Waals surface area (Å²) < 4.78 is 15.9. The molecule has 8 nitrogen and oxygen atoms in total. The van der Waals surface area contributed by atoms with Crippen LogP contribution in [0.5, 0.6) is 11.5 Å². The highest BCUT2D eigenvalue weighted by Crippen LogP contribution is 2.25. The van der Waals surface area contributed by atoms with Gasteiger partial charge in [0.05, 0.1) is 45.3 Å². The number of carbonyl (C=O) groups is 1. The minimum atomic E-state index is -0.217. The molecule has 150 valence electrons. The van der Waals surface area contributed by atoms with Crippen LogP contribution in [-0.4, -0.2) is 57.1 Å². The van der Waals surface area contributed by atoms with E-state index in [0.717, 1.165) is 29.5 Å². The van der Waals surface area contributed by atoms with Gasteiger partial charge in [-0.2, -0.15) is 5.10 Å². The molecule has 1 saturated heterocycles. The highest BCUT2D eigenvalue weighted by atomic mass is 32.1. The molecule has 2 aromatic rings. The Hall–Kier alpha value is -2.65. The molecule has 1 aliphatic heterocycles. The number of benzene rings is 1. The van der Waals surface area contributed by atoms with Crippen LogP contribution < -0.4 is 19.8 Å². The average Bonchev–Trinajstić information content (AvgIpc) is 3.20. The van der Waals surface area contributed by atoms with E-state index in [0.29, 0.717) is 30.4 Å². The minimum Gasteiger partial charge on any atom is -0.497 e. The normalized spacial score (nSPS) is 14.7. The number of thiazole rings is 1. The zero-order chi connectivity index (χ0) is 19.9. The first-order chi connectivity index (χ1) is 13.6. The second-order valence-corrected chi connectivity index (χ2v) is 7.03. The molecule has 1 amide bonds. The van der Waals surface area contributed by atoms with Gasteiger partial charge >= 0.3 is 0 Å². The molecule has 0 unspecified atom stereocenters. The van der Waals surface area contributed by atoms with E-state index in [1.54, 1.807) is 31.6 Å². The number of anilines is 1. The zero-order valence-electron chi connectivity index (χ0n) is 16.2. The summed E-state index contributed by atoms with van der Waals surface area (Å²) >= 11 is 1.54. The van der Waals surface area contributed by atoms with E-state index in [2.05, 4.69) is 20.4 Å². The Labute approximate surface area is 168 Å². The van der Waals surface area contributed by atoms with Crippen LogP contribution in [-0.2, 0) is 16.0 Å². The van der Waals surface area contributed by atoms with Crippen molar-refractivity contribution in [2.45, 2.75) is 13.3 Å². The zero-order valence-corrected chi connectivity index (χ0v) is 17.0. The van der Waals surface area contributed by atoms with Crippen LogP contribution in [0.2, 0.25) is 0 Å². The first-order valence-corrected chi connectivity index (χ1v) is 9.81. The number of hydrogen-bond donors (Lipinski definition) is 1. The van der Waals surface area contributed by atoms with Crippen LogP contribution in [0.15, 0.2) is 28.7 Å². The Morgan fingerprint density at radius 1 is 1.32 bits per heavy atom. The largest absolute Gasteiger partial charge is 0.497 e.